The van der Waals surface area contributed by atoms with Gasteiger partial charge in [-0.1, -0.05) is 13.8 Å². The highest BCUT2D eigenvalue weighted by atomic mass is 32.2. The molecule has 2 fully saturated rings. The standard InChI is InChI=1S/C11H20NO2S/c1-8(2)9-6-14-11-4-5-15(3)7-10(13)12(9)11/h8-9,11H,4-7H2,1-3H3/q+1/t9-,11+,15?/m1/s1. The molecule has 0 saturated carbocycles. The topological polar surface area (TPSA) is 29.5 Å². The fourth-order valence-electron chi connectivity index (χ4n) is 2.32. The Morgan fingerprint density at radius 2 is 2.27 bits per heavy atom. The third kappa shape index (κ3) is 2.16. The first-order valence-corrected chi connectivity index (χ1v) is 7.58. The molecule has 0 aromatic carbocycles. The van der Waals surface area contributed by atoms with Crippen molar-refractivity contribution in [3.63, 3.8) is 0 Å². The molecule has 0 N–H and O–H groups in total. The molecule has 1 amide bonds. The summed E-state index contributed by atoms with van der Waals surface area (Å²) in [5.41, 5.74) is 0. The summed E-state index contributed by atoms with van der Waals surface area (Å²) in [6.45, 7) is 5.06. The van der Waals surface area contributed by atoms with Crippen LogP contribution >= 0.6 is 0 Å². The molecule has 0 radical (unpaired) electrons. The Morgan fingerprint density at radius 1 is 1.53 bits per heavy atom. The number of nitrogens with zero attached hydrogens (tertiary/aromatic N) is 1. The van der Waals surface area contributed by atoms with Crippen molar-refractivity contribution in [1.29, 1.82) is 0 Å². The lowest BCUT2D eigenvalue weighted by Gasteiger charge is -2.27. The lowest BCUT2D eigenvalue weighted by atomic mass is 10.0. The average molecular weight is 230 g/mol. The van der Waals surface area contributed by atoms with Crippen LogP contribution in [0.1, 0.15) is 20.3 Å². The molecule has 4 heteroatoms. The molecule has 0 aliphatic carbocycles. The maximum Gasteiger partial charge on any atom is 0.274 e. The molecule has 15 heavy (non-hydrogen) atoms. The molecule has 1 unspecified atom stereocenters. The third-order valence-electron chi connectivity index (χ3n) is 3.27. The number of fused-ring (bicyclic) bond motifs is 1. The minimum absolute atomic E-state index is 0.0716. The first-order valence-electron chi connectivity index (χ1n) is 5.61. The largest absolute Gasteiger partial charge is 0.356 e. The summed E-state index contributed by atoms with van der Waals surface area (Å²) in [6, 6.07) is 0.303. The van der Waals surface area contributed by atoms with Crippen molar-refractivity contribution in [2.24, 2.45) is 5.92 Å². The predicted molar refractivity (Wildman–Crippen MR) is 62.9 cm³/mol. The quantitative estimate of drug-likeness (QED) is 0.625. The second kappa shape index (κ2) is 4.34. The van der Waals surface area contributed by atoms with Crippen molar-refractivity contribution in [3.8, 4) is 0 Å². The first-order chi connectivity index (χ1) is 7.09. The van der Waals surface area contributed by atoms with E-state index in [4.69, 9.17) is 4.74 Å². The molecule has 0 spiro atoms. The minimum Gasteiger partial charge on any atom is -0.356 e. The van der Waals surface area contributed by atoms with E-state index in [2.05, 4.69) is 20.1 Å². The van der Waals surface area contributed by atoms with Gasteiger partial charge in [-0.25, -0.2) is 0 Å². The highest BCUT2D eigenvalue weighted by Crippen LogP contribution is 2.27. The number of rotatable bonds is 1. The van der Waals surface area contributed by atoms with Gasteiger partial charge >= 0.3 is 0 Å². The summed E-state index contributed by atoms with van der Waals surface area (Å²) in [6.07, 6.45) is 3.28. The fraction of sp³-hybridized carbons (Fsp3) is 0.909. The van der Waals surface area contributed by atoms with E-state index in [9.17, 15) is 4.79 Å². The summed E-state index contributed by atoms with van der Waals surface area (Å²) in [5.74, 6) is 2.66. The number of hydrogen-bond donors (Lipinski definition) is 0. The van der Waals surface area contributed by atoms with Gasteiger partial charge in [0.25, 0.3) is 5.91 Å². The molecular weight excluding hydrogens is 210 g/mol. The number of hydrogen-bond acceptors (Lipinski definition) is 2. The third-order valence-corrected chi connectivity index (χ3v) is 4.94. The van der Waals surface area contributed by atoms with Gasteiger partial charge in [0.15, 0.2) is 5.75 Å². The molecule has 2 heterocycles. The van der Waals surface area contributed by atoms with E-state index >= 15 is 0 Å². The smallest absolute Gasteiger partial charge is 0.274 e. The normalized spacial score (nSPS) is 36.9. The zero-order valence-corrected chi connectivity index (χ0v) is 10.5. The van der Waals surface area contributed by atoms with E-state index in [1.165, 1.54) is 0 Å². The zero-order chi connectivity index (χ0) is 11.0. The lowest BCUT2D eigenvalue weighted by molar-refractivity contribution is -0.135. The fourth-order valence-corrected chi connectivity index (χ4v) is 3.64. The second-order valence-corrected chi connectivity index (χ2v) is 7.08. The minimum atomic E-state index is 0.0716. The van der Waals surface area contributed by atoms with Gasteiger partial charge in [0.2, 0.25) is 0 Å². The van der Waals surface area contributed by atoms with Crippen LogP contribution in [0, 0.1) is 5.92 Å². The highest BCUT2D eigenvalue weighted by molar-refractivity contribution is 7.96. The monoisotopic (exact) mass is 230 g/mol. The highest BCUT2D eigenvalue weighted by Gasteiger charge is 2.43. The molecule has 2 rings (SSSR count). The van der Waals surface area contributed by atoms with Gasteiger partial charge in [-0.15, -0.1) is 0 Å². The van der Waals surface area contributed by atoms with Gasteiger partial charge in [0.1, 0.15) is 12.0 Å². The SMILES string of the molecule is CC(C)[C@H]1CO[C@H]2CC[S+](C)CC(=O)N21. The molecule has 2 saturated heterocycles. The Bertz CT molecular complexity index is 257. The van der Waals surface area contributed by atoms with Gasteiger partial charge in [0, 0.05) is 6.42 Å². The van der Waals surface area contributed by atoms with Gasteiger partial charge in [-0.05, 0) is 16.8 Å². The van der Waals surface area contributed by atoms with E-state index in [0.717, 1.165) is 24.5 Å². The van der Waals surface area contributed by atoms with E-state index in [0.29, 0.717) is 17.9 Å². The van der Waals surface area contributed by atoms with Crippen LogP contribution < -0.4 is 0 Å². The van der Waals surface area contributed by atoms with Crippen LogP contribution in [0.4, 0.5) is 0 Å². The van der Waals surface area contributed by atoms with Crippen molar-refractivity contribution in [1.82, 2.24) is 4.90 Å². The number of carbonyl (C=O) groups excluding carboxylic acids is 1. The van der Waals surface area contributed by atoms with Gasteiger partial charge in [-0.3, -0.25) is 4.79 Å². The molecule has 2 aliphatic rings. The van der Waals surface area contributed by atoms with Crippen LogP contribution in [0.25, 0.3) is 0 Å². The molecule has 0 aromatic heterocycles. The van der Waals surface area contributed by atoms with Crippen LogP contribution in [-0.4, -0.2) is 47.4 Å². The summed E-state index contributed by atoms with van der Waals surface area (Å²) in [7, 11) is 0.254. The number of carbonyl (C=O) groups is 1. The molecule has 3 atom stereocenters. The van der Waals surface area contributed by atoms with Crippen LogP contribution in [0.3, 0.4) is 0 Å². The van der Waals surface area contributed by atoms with E-state index < -0.39 is 0 Å². The molecule has 86 valence electrons. The van der Waals surface area contributed by atoms with Crippen molar-refractivity contribution < 1.29 is 9.53 Å². The van der Waals surface area contributed by atoms with Gasteiger partial charge in [0.05, 0.1) is 18.9 Å². The molecular formula is C11H20NO2S+. The second-order valence-electron chi connectivity index (χ2n) is 4.82. The summed E-state index contributed by atoms with van der Waals surface area (Å²) >= 11 is 0. The molecule has 0 bridgehead atoms. The number of ether oxygens (including phenoxy) is 1. The van der Waals surface area contributed by atoms with Crippen molar-refractivity contribution >= 4 is 16.8 Å². The first kappa shape index (κ1) is 11.3. The van der Waals surface area contributed by atoms with E-state index in [1.807, 2.05) is 4.90 Å². The summed E-state index contributed by atoms with van der Waals surface area (Å²) < 4.78 is 5.74. The van der Waals surface area contributed by atoms with E-state index in [1.54, 1.807) is 0 Å². The summed E-state index contributed by atoms with van der Waals surface area (Å²) in [5, 5.41) is 0. The summed E-state index contributed by atoms with van der Waals surface area (Å²) in [4.78, 5) is 14.1. The van der Waals surface area contributed by atoms with Gasteiger partial charge in [-0.2, -0.15) is 0 Å². The Balaban J connectivity index is 2.15. The van der Waals surface area contributed by atoms with Crippen molar-refractivity contribution in [3.05, 3.63) is 0 Å². The Hall–Kier alpha value is -0.220. The predicted octanol–water partition coefficient (Wildman–Crippen LogP) is 0.848. The number of amides is 1. The maximum absolute atomic E-state index is 12.1. The van der Waals surface area contributed by atoms with Crippen LogP contribution in [0.5, 0.6) is 0 Å². The van der Waals surface area contributed by atoms with E-state index in [-0.39, 0.29) is 17.1 Å². The van der Waals surface area contributed by atoms with Crippen LogP contribution in [0.2, 0.25) is 0 Å². The molecule has 3 nitrogen and oxygen atoms in total. The Morgan fingerprint density at radius 3 is 2.93 bits per heavy atom. The van der Waals surface area contributed by atoms with Crippen molar-refractivity contribution in [2.75, 3.05) is 24.4 Å². The molecule has 0 aromatic rings. The van der Waals surface area contributed by atoms with Crippen LogP contribution in [-0.2, 0) is 20.4 Å². The average Bonchev–Trinajstić information content (AvgIpc) is 2.52. The zero-order valence-electron chi connectivity index (χ0n) is 9.73. The van der Waals surface area contributed by atoms with Crippen LogP contribution in [0.15, 0.2) is 0 Å². The van der Waals surface area contributed by atoms with Gasteiger partial charge < -0.3 is 9.64 Å². The Kier molecular flexibility index (Phi) is 3.26. The molecule has 2 aliphatic heterocycles. The van der Waals surface area contributed by atoms with Crippen molar-refractivity contribution in [2.45, 2.75) is 32.5 Å². The lowest BCUT2D eigenvalue weighted by Crippen LogP contribution is -2.44. The Labute approximate surface area is 94.5 Å². The maximum atomic E-state index is 12.1.